The van der Waals surface area contributed by atoms with Gasteiger partial charge < -0.3 is 4.90 Å². The van der Waals surface area contributed by atoms with Gasteiger partial charge in [0.25, 0.3) is 0 Å². The lowest BCUT2D eigenvalue weighted by molar-refractivity contribution is 0.653. The molecule has 1 aliphatic rings. The highest BCUT2D eigenvalue weighted by molar-refractivity contribution is 7.09. The van der Waals surface area contributed by atoms with E-state index in [0.717, 1.165) is 37.4 Å². The number of nitrogens with zero attached hydrogens (tertiary/aromatic N) is 4. The zero-order valence-electron chi connectivity index (χ0n) is 12.1. The van der Waals surface area contributed by atoms with Crippen molar-refractivity contribution in [2.75, 3.05) is 18.5 Å². The number of hydrogen-bond donors (Lipinski definition) is 0. The van der Waals surface area contributed by atoms with Crippen molar-refractivity contribution in [1.82, 2.24) is 15.0 Å². The van der Waals surface area contributed by atoms with Crippen LogP contribution in [0.1, 0.15) is 34.9 Å². The molecule has 1 aliphatic carbocycles. The van der Waals surface area contributed by atoms with Crippen LogP contribution in [0.4, 0.5) is 5.82 Å². The highest BCUT2D eigenvalue weighted by Gasteiger charge is 2.19. The molecule has 2 heterocycles. The van der Waals surface area contributed by atoms with Crippen LogP contribution in [-0.2, 0) is 19.3 Å². The molecule has 0 spiro atoms. The quantitative estimate of drug-likeness (QED) is 0.867. The molecule has 0 atom stereocenters. The Bertz CT molecular complexity index is 580. The summed E-state index contributed by atoms with van der Waals surface area (Å²) in [6, 6.07) is 0. The molecule has 0 saturated carbocycles. The minimum atomic E-state index is 0.891. The van der Waals surface area contributed by atoms with Crippen LogP contribution in [0.3, 0.4) is 0 Å². The summed E-state index contributed by atoms with van der Waals surface area (Å²) in [4.78, 5) is 15.9. The molecule has 4 nitrogen and oxygen atoms in total. The zero-order chi connectivity index (χ0) is 13.9. The van der Waals surface area contributed by atoms with E-state index < -0.39 is 0 Å². The first-order chi connectivity index (χ1) is 9.74. The summed E-state index contributed by atoms with van der Waals surface area (Å²) in [6.45, 7) is 2.95. The minimum absolute atomic E-state index is 0.891. The fraction of sp³-hybridized carbons (Fsp3) is 0.533. The van der Waals surface area contributed by atoms with Crippen LogP contribution in [0.25, 0.3) is 0 Å². The second kappa shape index (κ2) is 5.87. The average Bonchev–Trinajstić information content (AvgIpc) is 2.97. The Morgan fingerprint density at radius 1 is 1.25 bits per heavy atom. The second-order valence-corrected chi connectivity index (χ2v) is 6.30. The second-order valence-electron chi connectivity index (χ2n) is 5.32. The van der Waals surface area contributed by atoms with Gasteiger partial charge in [0.1, 0.15) is 11.6 Å². The topological polar surface area (TPSA) is 41.9 Å². The summed E-state index contributed by atoms with van der Waals surface area (Å²) in [5, 5.41) is 3.22. The molecule has 0 N–H and O–H groups in total. The first-order valence-electron chi connectivity index (χ1n) is 7.20. The summed E-state index contributed by atoms with van der Waals surface area (Å²) >= 11 is 1.72. The molecule has 0 amide bonds. The lowest BCUT2D eigenvalue weighted by atomic mass is 9.96. The fourth-order valence-electron chi connectivity index (χ4n) is 2.76. The van der Waals surface area contributed by atoms with E-state index in [1.165, 1.54) is 29.1 Å². The third kappa shape index (κ3) is 2.82. The van der Waals surface area contributed by atoms with Crippen molar-refractivity contribution < 1.29 is 0 Å². The van der Waals surface area contributed by atoms with E-state index in [-0.39, 0.29) is 0 Å². The van der Waals surface area contributed by atoms with Gasteiger partial charge in [-0.3, -0.25) is 0 Å². The van der Waals surface area contributed by atoms with Crippen molar-refractivity contribution >= 4 is 17.2 Å². The predicted octanol–water partition coefficient (Wildman–Crippen LogP) is 2.80. The van der Waals surface area contributed by atoms with E-state index in [4.69, 9.17) is 0 Å². The van der Waals surface area contributed by atoms with E-state index in [9.17, 15) is 0 Å². The lowest BCUT2D eigenvalue weighted by Crippen LogP contribution is -2.25. The van der Waals surface area contributed by atoms with Gasteiger partial charge in [0.2, 0.25) is 0 Å². The average molecular weight is 288 g/mol. The molecule has 5 heteroatoms. The summed E-state index contributed by atoms with van der Waals surface area (Å²) in [6.07, 6.45) is 7.58. The van der Waals surface area contributed by atoms with Crippen molar-refractivity contribution in [1.29, 1.82) is 0 Å². The van der Waals surface area contributed by atoms with Crippen molar-refractivity contribution in [2.45, 2.75) is 39.0 Å². The summed E-state index contributed by atoms with van der Waals surface area (Å²) < 4.78 is 0. The number of anilines is 1. The highest BCUT2D eigenvalue weighted by atomic mass is 32.1. The predicted molar refractivity (Wildman–Crippen MR) is 82.5 cm³/mol. The molecular formula is C15H20N4S. The first-order valence-corrected chi connectivity index (χ1v) is 8.08. The van der Waals surface area contributed by atoms with Gasteiger partial charge in [-0.1, -0.05) is 0 Å². The maximum atomic E-state index is 4.68. The molecular weight excluding hydrogens is 268 g/mol. The highest BCUT2D eigenvalue weighted by Crippen LogP contribution is 2.27. The number of thiazole rings is 1. The first kappa shape index (κ1) is 13.5. The summed E-state index contributed by atoms with van der Waals surface area (Å²) in [5.41, 5.74) is 2.63. The van der Waals surface area contributed by atoms with Crippen LogP contribution in [0.2, 0.25) is 0 Å². The molecule has 20 heavy (non-hydrogen) atoms. The summed E-state index contributed by atoms with van der Waals surface area (Å²) in [7, 11) is 2.13. The van der Waals surface area contributed by atoms with Crippen LogP contribution in [0.5, 0.6) is 0 Å². The summed E-state index contributed by atoms with van der Waals surface area (Å²) in [5.74, 6) is 2.02. The molecule has 0 unspecified atom stereocenters. The van der Waals surface area contributed by atoms with E-state index in [0.29, 0.717) is 0 Å². The number of hydrogen-bond acceptors (Lipinski definition) is 5. The van der Waals surface area contributed by atoms with Gasteiger partial charge in [0.05, 0.1) is 5.01 Å². The Labute approximate surface area is 123 Å². The van der Waals surface area contributed by atoms with Crippen LogP contribution >= 0.6 is 11.3 Å². The molecule has 3 rings (SSSR count). The van der Waals surface area contributed by atoms with Gasteiger partial charge in [-0.15, -0.1) is 11.3 Å². The number of likely N-dealkylation sites (N-methyl/N-ethyl adjacent to an activating group) is 1. The van der Waals surface area contributed by atoms with Gasteiger partial charge in [-0.25, -0.2) is 15.0 Å². The largest absolute Gasteiger partial charge is 0.359 e. The van der Waals surface area contributed by atoms with E-state index in [1.54, 1.807) is 11.3 Å². The van der Waals surface area contributed by atoms with Crippen molar-refractivity contribution in [3.8, 4) is 0 Å². The third-order valence-electron chi connectivity index (χ3n) is 3.78. The van der Waals surface area contributed by atoms with Gasteiger partial charge in [0.15, 0.2) is 0 Å². The smallest absolute Gasteiger partial charge is 0.135 e. The molecule has 106 valence electrons. The Morgan fingerprint density at radius 3 is 2.90 bits per heavy atom. The maximum Gasteiger partial charge on any atom is 0.135 e. The van der Waals surface area contributed by atoms with E-state index >= 15 is 0 Å². The fourth-order valence-corrected chi connectivity index (χ4v) is 3.37. The van der Waals surface area contributed by atoms with Gasteiger partial charge >= 0.3 is 0 Å². The molecule has 0 saturated heterocycles. The van der Waals surface area contributed by atoms with Crippen LogP contribution in [0.15, 0.2) is 11.6 Å². The van der Waals surface area contributed by atoms with Crippen LogP contribution < -0.4 is 4.90 Å². The third-order valence-corrected chi connectivity index (χ3v) is 4.62. The molecule has 0 aromatic carbocycles. The van der Waals surface area contributed by atoms with Crippen molar-refractivity contribution in [2.24, 2.45) is 0 Å². The van der Waals surface area contributed by atoms with Crippen molar-refractivity contribution in [3.05, 3.63) is 33.7 Å². The molecule has 2 aromatic heterocycles. The van der Waals surface area contributed by atoms with Gasteiger partial charge in [0, 0.05) is 42.8 Å². The molecule has 0 radical (unpaired) electrons. The monoisotopic (exact) mass is 288 g/mol. The SMILES string of the molecule is Cc1nc2c(c(N(C)CCc3nccs3)n1)CCCC2. The van der Waals surface area contributed by atoms with E-state index in [2.05, 4.69) is 26.9 Å². The van der Waals surface area contributed by atoms with Crippen LogP contribution in [0, 0.1) is 6.92 Å². The normalized spacial score (nSPS) is 14.1. The number of fused-ring (bicyclic) bond motifs is 1. The number of aryl methyl sites for hydroxylation is 2. The van der Waals surface area contributed by atoms with E-state index in [1.807, 2.05) is 18.5 Å². The van der Waals surface area contributed by atoms with Crippen LogP contribution in [-0.4, -0.2) is 28.5 Å². The Hall–Kier alpha value is -1.49. The van der Waals surface area contributed by atoms with Crippen molar-refractivity contribution in [3.63, 3.8) is 0 Å². The molecule has 0 aliphatic heterocycles. The lowest BCUT2D eigenvalue weighted by Gasteiger charge is -2.25. The molecule has 0 fully saturated rings. The zero-order valence-corrected chi connectivity index (χ0v) is 12.9. The minimum Gasteiger partial charge on any atom is -0.359 e. The molecule has 2 aromatic rings. The van der Waals surface area contributed by atoms with Gasteiger partial charge in [-0.05, 0) is 32.6 Å². The number of rotatable bonds is 4. The Kier molecular flexibility index (Phi) is 3.96. The Morgan fingerprint density at radius 2 is 2.10 bits per heavy atom. The maximum absolute atomic E-state index is 4.68. The Balaban J connectivity index is 1.79. The number of aromatic nitrogens is 3. The standard InChI is InChI=1S/C15H20N4S/c1-11-17-13-6-4-3-5-12(13)15(18-11)19(2)9-7-14-16-8-10-20-14/h8,10H,3-7,9H2,1-2H3. The van der Waals surface area contributed by atoms with Gasteiger partial charge in [-0.2, -0.15) is 0 Å². The molecule has 0 bridgehead atoms.